The third-order valence-corrected chi connectivity index (χ3v) is 6.65. The molecule has 2 aromatic carbocycles. The molecule has 6 nitrogen and oxygen atoms in total. The van der Waals surface area contributed by atoms with Crippen LogP contribution in [0.2, 0.25) is 0 Å². The molecule has 3 rings (SSSR count). The molecule has 0 fully saturated rings. The topological polar surface area (TPSA) is 77.9 Å². The molecule has 0 aromatic heterocycles. The number of sulfonamides is 1. The van der Waals surface area contributed by atoms with Gasteiger partial charge in [0.2, 0.25) is 0 Å². The molecule has 8 heteroatoms. The molecule has 0 saturated carbocycles. The van der Waals surface area contributed by atoms with Gasteiger partial charge in [-0.3, -0.25) is 9.10 Å². The fraction of sp³-hybridized carbons (Fsp3) is 0.350. The lowest BCUT2D eigenvalue weighted by molar-refractivity contribution is -0.120. The Hall–Kier alpha value is -2.61. The summed E-state index contributed by atoms with van der Waals surface area (Å²) < 4.78 is 41.8. The Bertz CT molecular complexity index is 976. The number of carbonyl (C=O) groups excluding carboxylic acids is 1. The number of aromatic hydroxyl groups is 1. The zero-order valence-corrected chi connectivity index (χ0v) is 16.6. The van der Waals surface area contributed by atoms with Crippen LogP contribution < -0.4 is 9.21 Å². The molecule has 1 amide bonds. The van der Waals surface area contributed by atoms with Gasteiger partial charge in [-0.15, -0.1) is 0 Å². The molecule has 0 spiro atoms. The van der Waals surface area contributed by atoms with E-state index in [0.717, 1.165) is 23.2 Å². The van der Waals surface area contributed by atoms with Crippen LogP contribution in [0.1, 0.15) is 33.1 Å². The van der Waals surface area contributed by atoms with Crippen molar-refractivity contribution in [3.8, 4) is 5.75 Å². The van der Waals surface area contributed by atoms with E-state index in [0.29, 0.717) is 12.2 Å². The number of carbonyl (C=O) groups is 1. The number of phenols is 1. The predicted molar refractivity (Wildman–Crippen MR) is 106 cm³/mol. The molecule has 1 N–H and O–H groups in total. The first-order chi connectivity index (χ1) is 13.3. The number of phenolic OH excluding ortho intramolecular Hbond substituents is 1. The molecular formula is C20H23FN2O4S. The highest BCUT2D eigenvalue weighted by atomic mass is 32.2. The highest BCUT2D eigenvalue weighted by Crippen LogP contribution is 2.41. The Kier molecular flexibility index (Phi) is 5.60. The van der Waals surface area contributed by atoms with Crippen molar-refractivity contribution < 1.29 is 22.7 Å². The van der Waals surface area contributed by atoms with E-state index in [1.807, 2.05) is 6.92 Å². The number of anilines is 2. The van der Waals surface area contributed by atoms with E-state index in [1.54, 1.807) is 11.8 Å². The molecule has 28 heavy (non-hydrogen) atoms. The summed E-state index contributed by atoms with van der Waals surface area (Å²) in [6.07, 6.45) is 1.87. The lowest BCUT2D eigenvalue weighted by Crippen LogP contribution is -2.55. The van der Waals surface area contributed by atoms with Gasteiger partial charge in [0.05, 0.1) is 16.3 Å². The van der Waals surface area contributed by atoms with E-state index in [1.165, 1.54) is 36.4 Å². The summed E-state index contributed by atoms with van der Waals surface area (Å²) in [7, 11) is -4.14. The molecule has 0 radical (unpaired) electrons. The number of rotatable bonds is 6. The van der Waals surface area contributed by atoms with Crippen molar-refractivity contribution in [3.63, 3.8) is 0 Å². The van der Waals surface area contributed by atoms with Gasteiger partial charge in [-0.25, -0.2) is 12.8 Å². The first-order valence-corrected chi connectivity index (χ1v) is 10.7. The number of benzene rings is 2. The van der Waals surface area contributed by atoms with Crippen molar-refractivity contribution in [3.05, 3.63) is 48.3 Å². The second kappa shape index (κ2) is 7.79. The quantitative estimate of drug-likeness (QED) is 0.794. The molecule has 1 aliphatic heterocycles. The molecule has 2 aromatic rings. The van der Waals surface area contributed by atoms with Gasteiger partial charge in [-0.1, -0.05) is 20.3 Å². The molecule has 0 unspecified atom stereocenters. The lowest BCUT2D eigenvalue weighted by atomic mass is 10.1. The standard InChI is InChI=1S/C20H23FN2O4S/c1-3-5-12-22-18-11-6-14(21)13-19(18)23(17(4-2)20(22)25)28(26,27)16-9-7-15(24)8-10-16/h6-11,13,17,24H,3-5,12H2,1-2H3/t17-/m0/s1. The van der Waals surface area contributed by atoms with Crippen molar-refractivity contribution in [1.29, 1.82) is 0 Å². The average molecular weight is 406 g/mol. The van der Waals surface area contributed by atoms with Gasteiger partial charge in [0.15, 0.2) is 0 Å². The van der Waals surface area contributed by atoms with E-state index in [4.69, 9.17) is 0 Å². The molecule has 1 atom stereocenters. The van der Waals surface area contributed by atoms with Crippen LogP contribution in [-0.4, -0.2) is 32.0 Å². The molecule has 1 heterocycles. The molecule has 0 aliphatic carbocycles. The minimum Gasteiger partial charge on any atom is -0.508 e. The van der Waals surface area contributed by atoms with Crippen LogP contribution in [0, 0.1) is 5.82 Å². The average Bonchev–Trinajstić information content (AvgIpc) is 2.66. The van der Waals surface area contributed by atoms with Crippen LogP contribution in [0.15, 0.2) is 47.4 Å². The maximum atomic E-state index is 14.1. The van der Waals surface area contributed by atoms with E-state index in [-0.39, 0.29) is 28.7 Å². The number of hydrogen-bond acceptors (Lipinski definition) is 4. The molecular weight excluding hydrogens is 383 g/mol. The number of halogens is 1. The third kappa shape index (κ3) is 3.44. The van der Waals surface area contributed by atoms with Crippen LogP contribution in [0.5, 0.6) is 5.75 Å². The van der Waals surface area contributed by atoms with Crippen molar-refractivity contribution in [2.24, 2.45) is 0 Å². The Labute approximate surface area is 164 Å². The monoisotopic (exact) mass is 406 g/mol. The summed E-state index contributed by atoms with van der Waals surface area (Å²) in [5, 5.41) is 9.47. The van der Waals surface area contributed by atoms with Crippen LogP contribution in [0.4, 0.5) is 15.8 Å². The van der Waals surface area contributed by atoms with E-state index >= 15 is 0 Å². The van der Waals surface area contributed by atoms with Gasteiger partial charge in [0, 0.05) is 12.6 Å². The minimum absolute atomic E-state index is 0.0714. The van der Waals surface area contributed by atoms with E-state index in [9.17, 15) is 22.7 Å². The second-order valence-corrected chi connectivity index (χ2v) is 8.51. The van der Waals surface area contributed by atoms with Gasteiger partial charge in [0.1, 0.15) is 17.6 Å². The summed E-state index contributed by atoms with van der Waals surface area (Å²) in [4.78, 5) is 14.6. The summed E-state index contributed by atoms with van der Waals surface area (Å²) in [6.45, 7) is 4.17. The maximum absolute atomic E-state index is 14.1. The number of hydrogen-bond donors (Lipinski definition) is 1. The fourth-order valence-corrected chi connectivity index (χ4v) is 5.07. The van der Waals surface area contributed by atoms with E-state index < -0.39 is 21.9 Å². The Morgan fingerprint density at radius 3 is 2.36 bits per heavy atom. The first-order valence-electron chi connectivity index (χ1n) is 9.25. The van der Waals surface area contributed by atoms with Crippen LogP contribution >= 0.6 is 0 Å². The van der Waals surface area contributed by atoms with Crippen molar-refractivity contribution in [1.82, 2.24) is 0 Å². The van der Waals surface area contributed by atoms with Gasteiger partial charge >= 0.3 is 0 Å². The van der Waals surface area contributed by atoms with Gasteiger partial charge < -0.3 is 10.0 Å². The van der Waals surface area contributed by atoms with Crippen LogP contribution in [-0.2, 0) is 14.8 Å². The summed E-state index contributed by atoms with van der Waals surface area (Å²) >= 11 is 0. The van der Waals surface area contributed by atoms with Crippen molar-refractivity contribution >= 4 is 27.3 Å². The smallest absolute Gasteiger partial charge is 0.265 e. The van der Waals surface area contributed by atoms with Crippen LogP contribution in [0.25, 0.3) is 0 Å². The van der Waals surface area contributed by atoms with Crippen molar-refractivity contribution in [2.75, 3.05) is 15.7 Å². The first kappa shape index (κ1) is 20.1. The van der Waals surface area contributed by atoms with E-state index in [2.05, 4.69) is 0 Å². The van der Waals surface area contributed by atoms with Gasteiger partial charge in [-0.05, 0) is 49.2 Å². The molecule has 1 aliphatic rings. The molecule has 0 bridgehead atoms. The molecule has 0 saturated heterocycles. The summed E-state index contributed by atoms with van der Waals surface area (Å²) in [5.74, 6) is -0.973. The Morgan fingerprint density at radius 2 is 1.75 bits per heavy atom. The normalized spacial score (nSPS) is 17.0. The van der Waals surface area contributed by atoms with Gasteiger partial charge in [0.25, 0.3) is 15.9 Å². The predicted octanol–water partition coefficient (Wildman–Crippen LogP) is 3.65. The number of fused-ring (bicyclic) bond motifs is 1. The Morgan fingerprint density at radius 1 is 1.07 bits per heavy atom. The molecule has 150 valence electrons. The zero-order chi connectivity index (χ0) is 20.5. The third-order valence-electron chi connectivity index (χ3n) is 4.82. The fourth-order valence-electron chi connectivity index (χ4n) is 3.38. The number of amides is 1. The summed E-state index contributed by atoms with van der Waals surface area (Å²) in [5.41, 5.74) is 0.530. The lowest BCUT2D eigenvalue weighted by Gasteiger charge is -2.41. The highest BCUT2D eigenvalue weighted by molar-refractivity contribution is 7.93. The maximum Gasteiger partial charge on any atom is 0.265 e. The Balaban J connectivity index is 2.19. The summed E-state index contributed by atoms with van der Waals surface area (Å²) in [6, 6.07) is 7.92. The van der Waals surface area contributed by atoms with Crippen molar-refractivity contribution in [2.45, 2.75) is 44.0 Å². The second-order valence-electron chi connectivity index (χ2n) is 6.70. The highest BCUT2D eigenvalue weighted by Gasteiger charge is 2.43. The van der Waals surface area contributed by atoms with Gasteiger partial charge in [-0.2, -0.15) is 0 Å². The van der Waals surface area contributed by atoms with Crippen LogP contribution in [0.3, 0.4) is 0 Å². The zero-order valence-electron chi connectivity index (χ0n) is 15.8. The minimum atomic E-state index is -4.14. The number of unbranched alkanes of at least 4 members (excludes halogenated alkanes) is 1. The largest absolute Gasteiger partial charge is 0.508 e. The SMILES string of the molecule is CCCCN1C(=O)[C@H](CC)N(S(=O)(=O)c2ccc(O)cc2)c2cc(F)ccc21. The number of nitrogens with zero attached hydrogens (tertiary/aromatic N) is 2.